The SMILES string of the molecule is COc1cccc(COCCC#N)c1. The van der Waals surface area contributed by atoms with Gasteiger partial charge in [-0.25, -0.2) is 0 Å². The normalized spacial score (nSPS) is 9.43. The van der Waals surface area contributed by atoms with Gasteiger partial charge < -0.3 is 9.47 Å². The van der Waals surface area contributed by atoms with Gasteiger partial charge in [-0.15, -0.1) is 0 Å². The number of ether oxygens (including phenoxy) is 2. The minimum Gasteiger partial charge on any atom is -0.497 e. The van der Waals surface area contributed by atoms with Gasteiger partial charge in [0.15, 0.2) is 0 Å². The first-order valence-electron chi connectivity index (χ1n) is 4.44. The fourth-order valence-electron chi connectivity index (χ4n) is 1.07. The first-order chi connectivity index (χ1) is 6.86. The van der Waals surface area contributed by atoms with E-state index in [4.69, 9.17) is 14.7 Å². The minimum atomic E-state index is 0.434. The zero-order valence-electron chi connectivity index (χ0n) is 8.19. The average molecular weight is 191 g/mol. The zero-order chi connectivity index (χ0) is 10.2. The quantitative estimate of drug-likeness (QED) is 0.669. The van der Waals surface area contributed by atoms with Crippen LogP contribution in [0.4, 0.5) is 0 Å². The molecule has 0 N–H and O–H groups in total. The lowest BCUT2D eigenvalue weighted by Crippen LogP contribution is -1.94. The van der Waals surface area contributed by atoms with Gasteiger partial charge in [0.05, 0.1) is 32.8 Å². The van der Waals surface area contributed by atoms with Gasteiger partial charge in [-0.2, -0.15) is 5.26 Å². The summed E-state index contributed by atoms with van der Waals surface area (Å²) in [5, 5.41) is 8.30. The molecule has 0 heterocycles. The van der Waals surface area contributed by atoms with Gasteiger partial charge in [0.1, 0.15) is 5.75 Å². The summed E-state index contributed by atoms with van der Waals surface area (Å²) < 4.78 is 10.4. The van der Waals surface area contributed by atoms with Crippen LogP contribution in [0, 0.1) is 11.3 Å². The molecule has 14 heavy (non-hydrogen) atoms. The van der Waals surface area contributed by atoms with Crippen molar-refractivity contribution in [3.63, 3.8) is 0 Å². The van der Waals surface area contributed by atoms with Crippen molar-refractivity contribution >= 4 is 0 Å². The number of hydrogen-bond donors (Lipinski definition) is 0. The fraction of sp³-hybridized carbons (Fsp3) is 0.364. The third-order valence-corrected chi connectivity index (χ3v) is 1.76. The number of nitrogens with zero attached hydrogens (tertiary/aromatic N) is 1. The lowest BCUT2D eigenvalue weighted by Gasteiger charge is -2.04. The van der Waals surface area contributed by atoms with E-state index in [-0.39, 0.29) is 0 Å². The maximum Gasteiger partial charge on any atom is 0.119 e. The van der Waals surface area contributed by atoms with Gasteiger partial charge in [0, 0.05) is 0 Å². The largest absolute Gasteiger partial charge is 0.497 e. The van der Waals surface area contributed by atoms with Gasteiger partial charge in [-0.1, -0.05) is 12.1 Å². The number of hydrogen-bond acceptors (Lipinski definition) is 3. The van der Waals surface area contributed by atoms with Crippen LogP contribution in [-0.4, -0.2) is 13.7 Å². The van der Waals surface area contributed by atoms with E-state index < -0.39 is 0 Å². The van der Waals surface area contributed by atoms with E-state index in [1.54, 1.807) is 7.11 Å². The monoisotopic (exact) mass is 191 g/mol. The topological polar surface area (TPSA) is 42.2 Å². The Bertz CT molecular complexity index is 317. The molecule has 74 valence electrons. The van der Waals surface area contributed by atoms with Crippen molar-refractivity contribution in [3.8, 4) is 11.8 Å². The molecule has 1 aromatic carbocycles. The highest BCUT2D eigenvalue weighted by molar-refractivity contribution is 5.27. The second kappa shape index (κ2) is 6.01. The molecule has 0 radical (unpaired) electrons. The van der Waals surface area contributed by atoms with Crippen LogP contribution in [-0.2, 0) is 11.3 Å². The Morgan fingerprint density at radius 3 is 3.00 bits per heavy atom. The van der Waals surface area contributed by atoms with E-state index in [1.165, 1.54) is 0 Å². The standard InChI is InChI=1S/C11H13NO2/c1-13-11-5-2-4-10(8-11)9-14-7-3-6-12/h2,4-5,8H,3,7,9H2,1H3. The molecule has 0 saturated carbocycles. The molecule has 0 saturated heterocycles. The lowest BCUT2D eigenvalue weighted by molar-refractivity contribution is 0.126. The van der Waals surface area contributed by atoms with Crippen molar-refractivity contribution in [2.24, 2.45) is 0 Å². The molecular weight excluding hydrogens is 178 g/mol. The van der Waals surface area contributed by atoms with Crippen LogP contribution in [0.5, 0.6) is 5.75 Å². The van der Waals surface area contributed by atoms with E-state index in [2.05, 4.69) is 0 Å². The van der Waals surface area contributed by atoms with E-state index in [0.29, 0.717) is 19.6 Å². The third-order valence-electron chi connectivity index (χ3n) is 1.76. The number of methoxy groups -OCH3 is 1. The summed E-state index contributed by atoms with van der Waals surface area (Å²) in [5.41, 5.74) is 1.06. The fourth-order valence-corrected chi connectivity index (χ4v) is 1.07. The van der Waals surface area contributed by atoms with Gasteiger partial charge in [-0.3, -0.25) is 0 Å². The maximum atomic E-state index is 8.30. The zero-order valence-corrected chi connectivity index (χ0v) is 8.19. The van der Waals surface area contributed by atoms with Gasteiger partial charge >= 0.3 is 0 Å². The molecule has 0 unspecified atom stereocenters. The average Bonchev–Trinajstić information content (AvgIpc) is 2.25. The van der Waals surface area contributed by atoms with Crippen LogP contribution < -0.4 is 4.74 Å². The summed E-state index contributed by atoms with van der Waals surface area (Å²) in [6.07, 6.45) is 0.434. The molecule has 0 aliphatic rings. The number of nitriles is 1. The molecular formula is C11H13NO2. The van der Waals surface area contributed by atoms with Crippen LogP contribution >= 0.6 is 0 Å². The van der Waals surface area contributed by atoms with E-state index >= 15 is 0 Å². The highest BCUT2D eigenvalue weighted by atomic mass is 16.5. The van der Waals surface area contributed by atoms with Crippen LogP contribution in [0.1, 0.15) is 12.0 Å². The van der Waals surface area contributed by atoms with Crippen molar-refractivity contribution in [2.75, 3.05) is 13.7 Å². The molecule has 0 fully saturated rings. The second-order valence-corrected chi connectivity index (χ2v) is 2.81. The van der Waals surface area contributed by atoms with Gasteiger partial charge in [0.25, 0.3) is 0 Å². The van der Waals surface area contributed by atoms with Crippen LogP contribution in [0.3, 0.4) is 0 Å². The molecule has 0 aromatic heterocycles. The summed E-state index contributed by atoms with van der Waals surface area (Å²) in [4.78, 5) is 0. The van der Waals surface area contributed by atoms with Gasteiger partial charge in [0.2, 0.25) is 0 Å². The number of benzene rings is 1. The van der Waals surface area contributed by atoms with Crippen LogP contribution in [0.15, 0.2) is 24.3 Å². The summed E-state index contributed by atoms with van der Waals surface area (Å²) in [6.45, 7) is 1.01. The molecule has 1 aromatic rings. The molecule has 1 rings (SSSR count). The molecule has 0 atom stereocenters. The maximum absolute atomic E-state index is 8.30. The van der Waals surface area contributed by atoms with Crippen molar-refractivity contribution in [3.05, 3.63) is 29.8 Å². The van der Waals surface area contributed by atoms with Crippen molar-refractivity contribution in [1.29, 1.82) is 5.26 Å². The molecule has 0 spiro atoms. The second-order valence-electron chi connectivity index (χ2n) is 2.81. The van der Waals surface area contributed by atoms with Crippen LogP contribution in [0.25, 0.3) is 0 Å². The summed E-state index contributed by atoms with van der Waals surface area (Å²) in [5.74, 6) is 0.825. The number of rotatable bonds is 5. The van der Waals surface area contributed by atoms with E-state index in [0.717, 1.165) is 11.3 Å². The Kier molecular flexibility index (Phi) is 4.53. The summed E-state index contributed by atoms with van der Waals surface area (Å²) in [7, 11) is 1.63. The van der Waals surface area contributed by atoms with Crippen LogP contribution in [0.2, 0.25) is 0 Å². The highest BCUT2D eigenvalue weighted by Gasteiger charge is 1.95. The molecule has 3 heteroatoms. The van der Waals surface area contributed by atoms with E-state index in [9.17, 15) is 0 Å². The van der Waals surface area contributed by atoms with E-state index in [1.807, 2.05) is 30.3 Å². The third kappa shape index (κ3) is 3.46. The first-order valence-corrected chi connectivity index (χ1v) is 4.44. The lowest BCUT2D eigenvalue weighted by atomic mass is 10.2. The summed E-state index contributed by atoms with van der Waals surface area (Å²) >= 11 is 0. The molecule has 0 bridgehead atoms. The Morgan fingerprint density at radius 2 is 2.29 bits per heavy atom. The predicted molar refractivity (Wildman–Crippen MR) is 52.9 cm³/mol. The predicted octanol–water partition coefficient (Wildman–Crippen LogP) is 2.13. The Hall–Kier alpha value is -1.53. The smallest absolute Gasteiger partial charge is 0.119 e. The Balaban J connectivity index is 2.39. The van der Waals surface area contributed by atoms with Crippen molar-refractivity contribution in [2.45, 2.75) is 13.0 Å². The molecule has 0 aliphatic heterocycles. The highest BCUT2D eigenvalue weighted by Crippen LogP contribution is 2.13. The van der Waals surface area contributed by atoms with Crippen molar-refractivity contribution in [1.82, 2.24) is 0 Å². The molecule has 0 amide bonds. The molecule has 3 nitrogen and oxygen atoms in total. The molecule has 0 aliphatic carbocycles. The summed E-state index contributed by atoms with van der Waals surface area (Å²) in [6, 6.07) is 9.72. The Morgan fingerprint density at radius 1 is 1.43 bits per heavy atom. The first kappa shape index (κ1) is 10.6. The van der Waals surface area contributed by atoms with Crippen molar-refractivity contribution < 1.29 is 9.47 Å². The minimum absolute atomic E-state index is 0.434. The Labute approximate surface area is 83.9 Å². The van der Waals surface area contributed by atoms with Gasteiger partial charge in [-0.05, 0) is 17.7 Å².